The van der Waals surface area contributed by atoms with Crippen LogP contribution in [0.15, 0.2) is 42.5 Å². The maximum atomic E-state index is 5.98. The minimum atomic E-state index is 0.831. The molecular weight excluding hydrogens is 352 g/mol. The van der Waals surface area contributed by atoms with Crippen LogP contribution in [0.4, 0.5) is 0 Å². The molecular formula is C28H40O. The molecule has 2 atom stereocenters. The number of benzene rings is 2. The summed E-state index contributed by atoms with van der Waals surface area (Å²) in [6, 6.07) is 13.5. The SMILES string of the molecule is CCCCCCCOc1ccc2cc(C3=CCC(CC(C)CC)CC3)ccc2c1. The van der Waals surface area contributed by atoms with Crippen molar-refractivity contribution in [2.24, 2.45) is 11.8 Å². The van der Waals surface area contributed by atoms with Crippen LogP contribution in [0.5, 0.6) is 5.75 Å². The number of rotatable bonds is 11. The zero-order valence-corrected chi connectivity index (χ0v) is 18.9. The van der Waals surface area contributed by atoms with Crippen LogP contribution in [0.25, 0.3) is 16.3 Å². The molecule has 0 fully saturated rings. The minimum Gasteiger partial charge on any atom is -0.494 e. The molecule has 158 valence electrons. The number of fused-ring (bicyclic) bond motifs is 1. The van der Waals surface area contributed by atoms with E-state index in [1.165, 1.54) is 74.1 Å². The van der Waals surface area contributed by atoms with Crippen molar-refractivity contribution in [3.63, 3.8) is 0 Å². The Balaban J connectivity index is 1.57. The molecule has 29 heavy (non-hydrogen) atoms. The molecule has 1 aliphatic carbocycles. The lowest BCUT2D eigenvalue weighted by Gasteiger charge is -2.24. The second-order valence-electron chi connectivity index (χ2n) is 9.11. The maximum absolute atomic E-state index is 5.98. The van der Waals surface area contributed by atoms with Crippen LogP contribution >= 0.6 is 0 Å². The van der Waals surface area contributed by atoms with Crippen LogP contribution in [0.2, 0.25) is 0 Å². The minimum absolute atomic E-state index is 0.831. The Morgan fingerprint density at radius 3 is 2.52 bits per heavy atom. The molecule has 0 radical (unpaired) electrons. The van der Waals surface area contributed by atoms with Gasteiger partial charge in [-0.1, -0.05) is 77.2 Å². The van der Waals surface area contributed by atoms with Gasteiger partial charge >= 0.3 is 0 Å². The summed E-state index contributed by atoms with van der Waals surface area (Å²) in [5, 5.41) is 2.60. The molecule has 3 rings (SSSR count). The highest BCUT2D eigenvalue weighted by atomic mass is 16.5. The number of hydrogen-bond acceptors (Lipinski definition) is 1. The third kappa shape index (κ3) is 6.63. The Morgan fingerprint density at radius 2 is 1.76 bits per heavy atom. The van der Waals surface area contributed by atoms with Gasteiger partial charge in [0, 0.05) is 0 Å². The number of allylic oxidation sites excluding steroid dienone is 2. The summed E-state index contributed by atoms with van der Waals surface area (Å²) in [5.41, 5.74) is 2.95. The predicted octanol–water partition coefficient (Wildman–Crippen LogP) is 8.81. The summed E-state index contributed by atoms with van der Waals surface area (Å²) in [6.45, 7) is 7.80. The fourth-order valence-corrected chi connectivity index (χ4v) is 4.51. The molecule has 1 heteroatoms. The van der Waals surface area contributed by atoms with Crippen molar-refractivity contribution in [3.8, 4) is 5.75 Å². The Kier molecular flexibility index (Phi) is 8.65. The third-order valence-corrected chi connectivity index (χ3v) is 6.65. The van der Waals surface area contributed by atoms with Gasteiger partial charge in [-0.3, -0.25) is 0 Å². The topological polar surface area (TPSA) is 9.23 Å². The van der Waals surface area contributed by atoms with E-state index in [2.05, 4.69) is 63.2 Å². The summed E-state index contributed by atoms with van der Waals surface area (Å²) in [6.07, 6.45) is 15.4. The smallest absolute Gasteiger partial charge is 0.119 e. The molecule has 0 N–H and O–H groups in total. The molecule has 0 bridgehead atoms. The Hall–Kier alpha value is -1.76. The molecule has 2 aromatic carbocycles. The molecule has 0 saturated heterocycles. The van der Waals surface area contributed by atoms with Crippen molar-refractivity contribution in [2.45, 2.75) is 85.0 Å². The quantitative estimate of drug-likeness (QED) is 0.347. The zero-order chi connectivity index (χ0) is 20.5. The molecule has 1 aliphatic rings. The fraction of sp³-hybridized carbons (Fsp3) is 0.571. The molecule has 2 aromatic rings. The molecule has 2 unspecified atom stereocenters. The van der Waals surface area contributed by atoms with E-state index in [0.717, 1.165) is 30.6 Å². The van der Waals surface area contributed by atoms with Crippen LogP contribution in [-0.2, 0) is 0 Å². The van der Waals surface area contributed by atoms with E-state index in [4.69, 9.17) is 4.74 Å². The van der Waals surface area contributed by atoms with Crippen molar-refractivity contribution in [1.29, 1.82) is 0 Å². The van der Waals surface area contributed by atoms with Gasteiger partial charge in [0.2, 0.25) is 0 Å². The Morgan fingerprint density at radius 1 is 0.966 bits per heavy atom. The van der Waals surface area contributed by atoms with E-state index in [1.807, 2.05) is 0 Å². The summed E-state index contributed by atoms with van der Waals surface area (Å²) in [4.78, 5) is 0. The number of unbranched alkanes of at least 4 members (excludes halogenated alkanes) is 4. The first-order chi connectivity index (χ1) is 14.2. The fourth-order valence-electron chi connectivity index (χ4n) is 4.51. The average Bonchev–Trinajstić information content (AvgIpc) is 2.76. The molecule has 0 aliphatic heterocycles. The van der Waals surface area contributed by atoms with E-state index < -0.39 is 0 Å². The molecule has 0 amide bonds. The van der Waals surface area contributed by atoms with Crippen molar-refractivity contribution in [3.05, 3.63) is 48.0 Å². The largest absolute Gasteiger partial charge is 0.494 e. The van der Waals surface area contributed by atoms with E-state index in [1.54, 1.807) is 5.57 Å². The van der Waals surface area contributed by atoms with Gasteiger partial charge in [0.05, 0.1) is 6.61 Å². The molecule has 0 aromatic heterocycles. The number of ether oxygens (including phenoxy) is 1. The highest BCUT2D eigenvalue weighted by Gasteiger charge is 2.17. The van der Waals surface area contributed by atoms with Gasteiger partial charge in [0.1, 0.15) is 5.75 Å². The lowest BCUT2D eigenvalue weighted by atomic mass is 9.81. The van der Waals surface area contributed by atoms with Crippen LogP contribution in [0, 0.1) is 11.8 Å². The van der Waals surface area contributed by atoms with Gasteiger partial charge in [-0.2, -0.15) is 0 Å². The van der Waals surface area contributed by atoms with E-state index in [0.29, 0.717) is 0 Å². The third-order valence-electron chi connectivity index (χ3n) is 6.65. The first-order valence-electron chi connectivity index (χ1n) is 12.1. The van der Waals surface area contributed by atoms with Crippen molar-refractivity contribution < 1.29 is 4.74 Å². The monoisotopic (exact) mass is 392 g/mol. The van der Waals surface area contributed by atoms with Crippen LogP contribution in [-0.4, -0.2) is 6.61 Å². The highest BCUT2D eigenvalue weighted by molar-refractivity contribution is 5.87. The van der Waals surface area contributed by atoms with E-state index in [9.17, 15) is 0 Å². The molecule has 0 saturated carbocycles. The second kappa shape index (κ2) is 11.4. The van der Waals surface area contributed by atoms with Crippen molar-refractivity contribution in [2.75, 3.05) is 6.61 Å². The standard InChI is InChI=1S/C28H40O/c1-4-6-7-8-9-18-29-28-17-16-26-20-25(14-15-27(26)21-28)24-12-10-23(11-13-24)19-22(3)5-2/h12,14-17,20-23H,4-11,13,18-19H2,1-3H3. The first kappa shape index (κ1) is 21.9. The normalized spacial score (nSPS) is 17.9. The summed E-state index contributed by atoms with van der Waals surface area (Å²) < 4.78 is 5.98. The molecule has 0 spiro atoms. The van der Waals surface area contributed by atoms with Gasteiger partial charge in [0.25, 0.3) is 0 Å². The Labute approximate surface area is 178 Å². The van der Waals surface area contributed by atoms with Crippen LogP contribution in [0.1, 0.15) is 90.5 Å². The van der Waals surface area contributed by atoms with E-state index in [-0.39, 0.29) is 0 Å². The summed E-state index contributed by atoms with van der Waals surface area (Å²) in [7, 11) is 0. The van der Waals surface area contributed by atoms with Gasteiger partial charge in [0.15, 0.2) is 0 Å². The highest BCUT2D eigenvalue weighted by Crippen LogP contribution is 2.35. The average molecular weight is 393 g/mol. The maximum Gasteiger partial charge on any atom is 0.119 e. The first-order valence-corrected chi connectivity index (χ1v) is 12.1. The van der Waals surface area contributed by atoms with Crippen molar-refractivity contribution >= 4 is 16.3 Å². The van der Waals surface area contributed by atoms with Gasteiger partial charge in [-0.05, 0) is 84.0 Å². The lowest BCUT2D eigenvalue weighted by molar-refractivity contribution is 0.305. The van der Waals surface area contributed by atoms with Crippen LogP contribution in [0.3, 0.4) is 0 Å². The molecule has 1 nitrogen and oxygen atoms in total. The zero-order valence-electron chi connectivity index (χ0n) is 18.9. The van der Waals surface area contributed by atoms with Gasteiger partial charge < -0.3 is 4.74 Å². The summed E-state index contributed by atoms with van der Waals surface area (Å²) >= 11 is 0. The molecule has 0 heterocycles. The van der Waals surface area contributed by atoms with Gasteiger partial charge in [-0.25, -0.2) is 0 Å². The van der Waals surface area contributed by atoms with Gasteiger partial charge in [-0.15, -0.1) is 0 Å². The van der Waals surface area contributed by atoms with E-state index >= 15 is 0 Å². The van der Waals surface area contributed by atoms with Crippen molar-refractivity contribution in [1.82, 2.24) is 0 Å². The summed E-state index contributed by atoms with van der Waals surface area (Å²) in [5.74, 6) is 2.75. The number of hydrogen-bond donors (Lipinski definition) is 0. The lowest BCUT2D eigenvalue weighted by Crippen LogP contribution is -2.09. The Bertz CT molecular complexity index is 788. The van der Waals surface area contributed by atoms with Crippen LogP contribution < -0.4 is 4.74 Å². The second-order valence-corrected chi connectivity index (χ2v) is 9.11. The predicted molar refractivity (Wildman–Crippen MR) is 128 cm³/mol.